The van der Waals surface area contributed by atoms with E-state index >= 15 is 0 Å². The molecule has 25 heavy (non-hydrogen) atoms. The lowest BCUT2D eigenvalue weighted by Gasteiger charge is -2.11. The van der Waals surface area contributed by atoms with Gasteiger partial charge in [0.25, 0.3) is 0 Å². The Hall–Kier alpha value is -2.94. The first kappa shape index (κ1) is 16.9. The second kappa shape index (κ2) is 7.31. The number of phenols is 1. The average molecular weight is 359 g/mol. The van der Waals surface area contributed by atoms with Gasteiger partial charge in [0, 0.05) is 5.69 Å². The monoisotopic (exact) mass is 359 g/mol. The second-order valence-electron chi connectivity index (χ2n) is 5.15. The molecule has 0 aliphatic heterocycles. The Balaban J connectivity index is 1.70. The minimum absolute atomic E-state index is 0.137. The fourth-order valence-corrected chi connectivity index (χ4v) is 2.80. The number of nitrogens with one attached hydrogen (secondary N) is 1. The minimum Gasteiger partial charge on any atom is -0.508 e. The van der Waals surface area contributed by atoms with Crippen LogP contribution in [0, 0.1) is 5.82 Å². The first-order chi connectivity index (χ1) is 12.0. The largest absolute Gasteiger partial charge is 0.508 e. The lowest BCUT2D eigenvalue weighted by Crippen LogP contribution is -2.22. The number of carbonyl (C=O) groups excluding carboxylic acids is 1. The molecule has 0 fully saturated rings. The van der Waals surface area contributed by atoms with E-state index in [2.05, 4.69) is 20.8 Å². The summed E-state index contributed by atoms with van der Waals surface area (Å²) in [7, 11) is 0. The zero-order chi connectivity index (χ0) is 17.8. The fraction of sp³-hybridized carbons (Fsp3) is 0.125. The first-order valence-corrected chi connectivity index (χ1v) is 8.22. The molecule has 0 aliphatic rings. The molecule has 0 spiro atoms. The van der Waals surface area contributed by atoms with E-state index in [0.29, 0.717) is 16.5 Å². The van der Waals surface area contributed by atoms with Crippen molar-refractivity contribution in [1.29, 1.82) is 0 Å². The summed E-state index contributed by atoms with van der Waals surface area (Å²) in [5.41, 5.74) is 1.17. The molecule has 9 heteroatoms. The molecule has 3 rings (SSSR count). The first-order valence-electron chi connectivity index (χ1n) is 7.34. The molecule has 0 saturated heterocycles. The predicted octanol–water partition coefficient (Wildman–Crippen LogP) is 2.63. The van der Waals surface area contributed by atoms with Crippen LogP contribution in [0.2, 0.25) is 0 Å². The summed E-state index contributed by atoms with van der Waals surface area (Å²) in [4.78, 5) is 12.3. The van der Waals surface area contributed by atoms with Gasteiger partial charge < -0.3 is 10.4 Å². The van der Waals surface area contributed by atoms with E-state index in [1.807, 2.05) is 0 Å². The normalized spacial score (nSPS) is 11.9. The SMILES string of the molecule is CC(Sc1nnnn1-c1ccc(O)cc1)C(=O)Nc1ccc(F)cc1. The molecule has 0 saturated carbocycles. The van der Waals surface area contributed by atoms with Crippen molar-refractivity contribution in [2.45, 2.75) is 17.3 Å². The zero-order valence-electron chi connectivity index (χ0n) is 13.1. The second-order valence-corrected chi connectivity index (χ2v) is 6.45. The standard InChI is InChI=1S/C16H14FN5O2S/c1-10(15(24)18-12-4-2-11(17)3-5-12)25-16-19-20-21-22(16)13-6-8-14(23)9-7-13/h2-10,23H,1H3,(H,18,24). The molecule has 1 atom stereocenters. The minimum atomic E-state index is -0.480. The molecule has 3 aromatic rings. The summed E-state index contributed by atoms with van der Waals surface area (Å²) >= 11 is 1.18. The number of thioether (sulfide) groups is 1. The van der Waals surface area contributed by atoms with E-state index in [0.717, 1.165) is 0 Å². The number of tetrazole rings is 1. The Morgan fingerprint density at radius 1 is 1.20 bits per heavy atom. The van der Waals surface area contributed by atoms with Crippen LogP contribution in [0.4, 0.5) is 10.1 Å². The van der Waals surface area contributed by atoms with Crippen molar-refractivity contribution in [2.24, 2.45) is 0 Å². The number of hydrogen-bond acceptors (Lipinski definition) is 6. The van der Waals surface area contributed by atoms with Gasteiger partial charge in [-0.1, -0.05) is 11.8 Å². The zero-order valence-corrected chi connectivity index (χ0v) is 13.9. The van der Waals surface area contributed by atoms with Crippen LogP contribution in [0.3, 0.4) is 0 Å². The van der Waals surface area contributed by atoms with Gasteiger partial charge in [-0.3, -0.25) is 4.79 Å². The van der Waals surface area contributed by atoms with Crippen LogP contribution in [-0.2, 0) is 4.79 Å². The van der Waals surface area contributed by atoms with Crippen molar-refractivity contribution in [3.05, 3.63) is 54.3 Å². The maximum atomic E-state index is 12.9. The molecule has 2 aromatic carbocycles. The molecule has 1 unspecified atom stereocenters. The summed E-state index contributed by atoms with van der Waals surface area (Å²) in [5.74, 6) is -0.483. The summed E-state index contributed by atoms with van der Waals surface area (Å²) in [6.45, 7) is 1.72. The lowest BCUT2D eigenvalue weighted by atomic mass is 10.3. The van der Waals surface area contributed by atoms with E-state index in [1.54, 1.807) is 19.1 Å². The van der Waals surface area contributed by atoms with Crippen LogP contribution in [0.5, 0.6) is 5.75 Å². The molecule has 7 nitrogen and oxygen atoms in total. The third kappa shape index (κ3) is 4.13. The van der Waals surface area contributed by atoms with Crippen LogP contribution in [0.1, 0.15) is 6.92 Å². The smallest absolute Gasteiger partial charge is 0.237 e. The van der Waals surface area contributed by atoms with Crippen molar-refractivity contribution in [1.82, 2.24) is 20.2 Å². The Morgan fingerprint density at radius 2 is 1.88 bits per heavy atom. The number of nitrogens with zero attached hydrogens (tertiary/aromatic N) is 4. The van der Waals surface area contributed by atoms with Crippen LogP contribution in [0.25, 0.3) is 5.69 Å². The van der Waals surface area contributed by atoms with E-state index in [4.69, 9.17) is 0 Å². The maximum absolute atomic E-state index is 12.9. The highest BCUT2D eigenvalue weighted by atomic mass is 32.2. The molecule has 0 bridgehead atoms. The van der Waals surface area contributed by atoms with Gasteiger partial charge in [-0.05, 0) is 65.9 Å². The highest BCUT2D eigenvalue weighted by Gasteiger charge is 2.19. The van der Waals surface area contributed by atoms with Crippen molar-refractivity contribution >= 4 is 23.4 Å². The summed E-state index contributed by atoms with van der Waals surface area (Å²) in [6, 6.07) is 11.9. The highest BCUT2D eigenvalue weighted by Crippen LogP contribution is 2.24. The van der Waals surface area contributed by atoms with Gasteiger partial charge in [-0.15, -0.1) is 5.10 Å². The van der Waals surface area contributed by atoms with Crippen LogP contribution in [0.15, 0.2) is 53.7 Å². The van der Waals surface area contributed by atoms with Gasteiger partial charge in [-0.2, -0.15) is 4.68 Å². The topological polar surface area (TPSA) is 92.9 Å². The fourth-order valence-electron chi connectivity index (χ4n) is 2.00. The highest BCUT2D eigenvalue weighted by molar-refractivity contribution is 8.00. The predicted molar refractivity (Wildman–Crippen MR) is 91.2 cm³/mol. The number of aromatic hydroxyl groups is 1. The number of benzene rings is 2. The number of rotatable bonds is 5. The molecular weight excluding hydrogens is 345 g/mol. The van der Waals surface area contributed by atoms with Crippen LogP contribution >= 0.6 is 11.8 Å². The summed E-state index contributed by atoms with van der Waals surface area (Å²) < 4.78 is 14.4. The van der Waals surface area contributed by atoms with Crippen molar-refractivity contribution in [3.8, 4) is 11.4 Å². The van der Waals surface area contributed by atoms with Crippen LogP contribution < -0.4 is 5.32 Å². The number of phenolic OH excluding ortho intramolecular Hbond substituents is 1. The Labute approximate surface area is 146 Å². The molecule has 2 N–H and O–H groups in total. The molecule has 128 valence electrons. The molecule has 0 radical (unpaired) electrons. The number of halogens is 1. The molecule has 0 aliphatic carbocycles. The van der Waals surface area contributed by atoms with Crippen LogP contribution in [-0.4, -0.2) is 36.5 Å². The van der Waals surface area contributed by atoms with Gasteiger partial charge in [0.15, 0.2) is 0 Å². The summed E-state index contributed by atoms with van der Waals surface area (Å²) in [6.07, 6.45) is 0. The van der Waals surface area contributed by atoms with E-state index in [-0.39, 0.29) is 17.5 Å². The number of aromatic nitrogens is 4. The third-order valence-corrected chi connectivity index (χ3v) is 4.33. The average Bonchev–Trinajstić information content (AvgIpc) is 3.05. The Bertz CT molecular complexity index is 867. The Morgan fingerprint density at radius 3 is 2.56 bits per heavy atom. The van der Waals surface area contributed by atoms with E-state index in [1.165, 1.54) is 52.8 Å². The van der Waals surface area contributed by atoms with E-state index in [9.17, 15) is 14.3 Å². The quantitative estimate of drug-likeness (QED) is 0.680. The van der Waals surface area contributed by atoms with E-state index < -0.39 is 5.25 Å². The van der Waals surface area contributed by atoms with Gasteiger partial charge in [-0.25, -0.2) is 4.39 Å². The molecule has 1 amide bonds. The maximum Gasteiger partial charge on any atom is 0.237 e. The van der Waals surface area contributed by atoms with Crippen molar-refractivity contribution in [3.63, 3.8) is 0 Å². The van der Waals surface area contributed by atoms with Gasteiger partial charge in [0.2, 0.25) is 11.1 Å². The number of hydrogen-bond donors (Lipinski definition) is 2. The lowest BCUT2D eigenvalue weighted by molar-refractivity contribution is -0.115. The summed E-state index contributed by atoms with van der Waals surface area (Å²) in [5, 5.41) is 23.5. The Kier molecular flexibility index (Phi) is 4.94. The molecular formula is C16H14FN5O2S. The van der Waals surface area contributed by atoms with Gasteiger partial charge >= 0.3 is 0 Å². The number of anilines is 1. The molecule has 1 heterocycles. The van der Waals surface area contributed by atoms with Gasteiger partial charge in [0.1, 0.15) is 11.6 Å². The number of amides is 1. The van der Waals surface area contributed by atoms with Crippen molar-refractivity contribution in [2.75, 3.05) is 5.32 Å². The molecule has 1 aromatic heterocycles. The van der Waals surface area contributed by atoms with Gasteiger partial charge in [0.05, 0.1) is 10.9 Å². The number of carbonyl (C=O) groups is 1. The third-order valence-electron chi connectivity index (χ3n) is 3.30. The van der Waals surface area contributed by atoms with Crippen molar-refractivity contribution < 1.29 is 14.3 Å².